The van der Waals surface area contributed by atoms with E-state index in [4.69, 9.17) is 4.18 Å². The van der Waals surface area contributed by atoms with Crippen molar-refractivity contribution < 1.29 is 8.39 Å². The third-order valence-corrected chi connectivity index (χ3v) is 3.18. The van der Waals surface area contributed by atoms with Gasteiger partial charge in [-0.15, -0.1) is 0 Å². The lowest BCUT2D eigenvalue weighted by atomic mass is 10.3. The van der Waals surface area contributed by atoms with Crippen LogP contribution in [0.15, 0.2) is 0 Å². The van der Waals surface area contributed by atoms with E-state index in [9.17, 15) is 4.21 Å². The van der Waals surface area contributed by atoms with Gasteiger partial charge in [0.1, 0.15) is 8.77 Å². The summed E-state index contributed by atoms with van der Waals surface area (Å²) in [5, 5.41) is 0. The zero-order valence-corrected chi connectivity index (χ0v) is 6.26. The summed E-state index contributed by atoms with van der Waals surface area (Å²) in [6.07, 6.45) is 0.961. The second-order valence-electron chi connectivity index (χ2n) is 1.96. The van der Waals surface area contributed by atoms with Crippen LogP contribution in [0.4, 0.5) is 0 Å². The molecule has 1 saturated heterocycles. The highest BCUT2D eigenvalue weighted by molar-refractivity contribution is 8.30. The Kier molecular flexibility index (Phi) is 1.56. The van der Waals surface area contributed by atoms with Crippen LogP contribution in [-0.2, 0) is 24.1 Å². The van der Waals surface area contributed by atoms with Crippen molar-refractivity contribution >= 4 is 20.0 Å². The molecule has 1 aliphatic rings. The van der Waals surface area contributed by atoms with Crippen molar-refractivity contribution in [2.45, 2.75) is 19.4 Å². The van der Waals surface area contributed by atoms with Crippen molar-refractivity contribution in [1.29, 1.82) is 0 Å². The molecule has 0 aromatic heterocycles. The minimum Gasteiger partial charge on any atom is -0.287 e. The molecule has 0 bridgehead atoms. The van der Waals surface area contributed by atoms with E-state index in [0.717, 1.165) is 6.42 Å². The first-order valence-electron chi connectivity index (χ1n) is 2.51. The number of hydrogen-bond donors (Lipinski definition) is 0. The van der Waals surface area contributed by atoms with Gasteiger partial charge in [0.05, 0.1) is 11.9 Å². The number of rotatable bonds is 0. The van der Waals surface area contributed by atoms with E-state index < -0.39 is 8.77 Å². The fourth-order valence-corrected chi connectivity index (χ4v) is 2.66. The molecule has 1 rings (SSSR count). The van der Waals surface area contributed by atoms with Gasteiger partial charge in [0.2, 0.25) is 0 Å². The lowest BCUT2D eigenvalue weighted by Gasteiger charge is -1.96. The molecule has 1 unspecified atom stereocenters. The van der Waals surface area contributed by atoms with Crippen molar-refractivity contribution in [2.24, 2.45) is 0 Å². The molecule has 1 fully saturated rings. The van der Waals surface area contributed by atoms with Crippen LogP contribution in [0.3, 0.4) is 0 Å². The highest BCUT2D eigenvalue weighted by Gasteiger charge is 2.20. The molecule has 0 aliphatic carbocycles. The molecule has 0 N–H and O–H groups in total. The van der Waals surface area contributed by atoms with Gasteiger partial charge >= 0.3 is 0 Å². The zero-order chi connectivity index (χ0) is 6.20. The predicted molar refractivity (Wildman–Crippen MR) is 35.5 cm³/mol. The first-order valence-corrected chi connectivity index (χ1v) is 5.09. The van der Waals surface area contributed by atoms with E-state index in [1.54, 1.807) is 0 Å². The lowest BCUT2D eigenvalue weighted by molar-refractivity contribution is 0.272. The summed E-state index contributed by atoms with van der Waals surface area (Å²) >= 11 is 4.59. The molecule has 8 heavy (non-hydrogen) atoms. The molecule has 48 valence electrons. The summed E-state index contributed by atoms with van der Waals surface area (Å²) in [5.74, 6) is 0.559. The van der Waals surface area contributed by atoms with E-state index in [0.29, 0.717) is 5.75 Å². The van der Waals surface area contributed by atoms with Crippen LogP contribution in [0.5, 0.6) is 0 Å². The lowest BCUT2D eigenvalue weighted by Crippen LogP contribution is -1.99. The van der Waals surface area contributed by atoms with E-state index in [2.05, 4.69) is 11.2 Å². The van der Waals surface area contributed by atoms with Crippen molar-refractivity contribution in [3.63, 3.8) is 0 Å². The molecule has 1 aliphatic heterocycles. The smallest absolute Gasteiger partial charge is 0.144 e. The molecule has 2 nitrogen and oxygen atoms in total. The van der Waals surface area contributed by atoms with Crippen LogP contribution >= 0.6 is 0 Å². The third kappa shape index (κ3) is 1.40. The van der Waals surface area contributed by atoms with Crippen molar-refractivity contribution in [1.82, 2.24) is 0 Å². The molecular formula is C4H8O2S2. The van der Waals surface area contributed by atoms with Crippen LogP contribution in [0.2, 0.25) is 0 Å². The van der Waals surface area contributed by atoms with Gasteiger partial charge in [-0.1, -0.05) is 0 Å². The Hall–Kier alpha value is 0.330. The van der Waals surface area contributed by atoms with Gasteiger partial charge in [0.25, 0.3) is 0 Å². The minimum absolute atomic E-state index is 0.111. The maximum atomic E-state index is 10.8. The van der Waals surface area contributed by atoms with Crippen LogP contribution in [-0.4, -0.2) is 16.1 Å². The molecule has 0 spiro atoms. The van der Waals surface area contributed by atoms with Gasteiger partial charge in [-0.05, 0) is 13.3 Å². The SMILES string of the molecule is C[C@H]1CCS(=O)(=S)O1. The third-order valence-electron chi connectivity index (χ3n) is 1.09. The quantitative estimate of drug-likeness (QED) is 0.504. The maximum Gasteiger partial charge on any atom is 0.144 e. The Morgan fingerprint density at radius 2 is 2.50 bits per heavy atom. The van der Waals surface area contributed by atoms with Crippen molar-refractivity contribution in [3.8, 4) is 0 Å². The zero-order valence-electron chi connectivity index (χ0n) is 4.62. The van der Waals surface area contributed by atoms with Gasteiger partial charge in [0, 0.05) is 11.2 Å². The highest BCUT2D eigenvalue weighted by Crippen LogP contribution is 2.14. The summed E-state index contributed by atoms with van der Waals surface area (Å²) in [6.45, 7) is 1.89. The summed E-state index contributed by atoms with van der Waals surface area (Å²) in [5.41, 5.74) is 0. The van der Waals surface area contributed by atoms with Crippen molar-refractivity contribution in [2.75, 3.05) is 5.75 Å². The first-order chi connectivity index (χ1) is 3.60. The van der Waals surface area contributed by atoms with Gasteiger partial charge in [-0.2, -0.15) is 0 Å². The van der Waals surface area contributed by atoms with E-state index in [1.807, 2.05) is 6.92 Å². The molecule has 1 heterocycles. The average molecular weight is 152 g/mol. The Labute approximate surface area is 54.1 Å². The predicted octanol–water partition coefficient (Wildman–Crippen LogP) is 0.457. The van der Waals surface area contributed by atoms with Crippen LogP contribution in [0.1, 0.15) is 13.3 Å². The Morgan fingerprint density at radius 1 is 1.88 bits per heavy atom. The maximum absolute atomic E-state index is 10.8. The molecule has 4 heteroatoms. The summed E-state index contributed by atoms with van der Waals surface area (Å²) in [6, 6.07) is 0. The number of hydrogen-bond acceptors (Lipinski definition) is 3. The van der Waals surface area contributed by atoms with Gasteiger partial charge in [0.15, 0.2) is 0 Å². The molecule has 0 aromatic carbocycles. The second kappa shape index (κ2) is 1.93. The van der Waals surface area contributed by atoms with Crippen LogP contribution < -0.4 is 0 Å². The van der Waals surface area contributed by atoms with Gasteiger partial charge in [-0.25, -0.2) is 4.21 Å². The first kappa shape index (κ1) is 6.45. The minimum atomic E-state index is -2.26. The van der Waals surface area contributed by atoms with E-state index >= 15 is 0 Å². The van der Waals surface area contributed by atoms with Gasteiger partial charge < -0.3 is 0 Å². The largest absolute Gasteiger partial charge is 0.287 e. The Balaban J connectivity index is 2.71. The highest BCUT2D eigenvalue weighted by atomic mass is 32.8. The van der Waals surface area contributed by atoms with Crippen molar-refractivity contribution in [3.05, 3.63) is 0 Å². The fraction of sp³-hybridized carbons (Fsp3) is 1.00. The summed E-state index contributed by atoms with van der Waals surface area (Å²) in [7, 11) is -2.26. The van der Waals surface area contributed by atoms with Crippen LogP contribution in [0, 0.1) is 0 Å². The molecular weight excluding hydrogens is 144 g/mol. The molecule has 0 aromatic rings. The van der Waals surface area contributed by atoms with E-state index in [-0.39, 0.29) is 6.10 Å². The summed E-state index contributed by atoms with van der Waals surface area (Å²) in [4.78, 5) is 0. The Bertz CT molecular complexity index is 170. The topological polar surface area (TPSA) is 26.3 Å². The molecule has 0 radical (unpaired) electrons. The fourth-order valence-electron chi connectivity index (χ4n) is 0.657. The second-order valence-corrected chi connectivity index (χ2v) is 5.20. The molecule has 2 atom stereocenters. The van der Waals surface area contributed by atoms with E-state index in [1.165, 1.54) is 0 Å². The van der Waals surface area contributed by atoms with Crippen LogP contribution in [0.25, 0.3) is 0 Å². The average Bonchev–Trinajstić information content (AvgIpc) is 1.82. The summed E-state index contributed by atoms with van der Waals surface area (Å²) < 4.78 is 15.7. The molecule has 0 saturated carbocycles. The standard InChI is InChI=1S/C4H8O2S2/c1-4-2-3-8(5,7)6-4/h4H,2-3H2,1H3/t4-,8?/m0/s1. The molecule has 0 amide bonds. The Morgan fingerprint density at radius 3 is 2.62 bits per heavy atom. The normalized spacial score (nSPS) is 47.4. The monoisotopic (exact) mass is 152 g/mol. The van der Waals surface area contributed by atoms with Gasteiger partial charge in [-0.3, -0.25) is 4.18 Å².